The fourth-order valence-corrected chi connectivity index (χ4v) is 2.95. The quantitative estimate of drug-likeness (QED) is 0.504. The van der Waals surface area contributed by atoms with Gasteiger partial charge < -0.3 is 0 Å². The number of unbranched alkanes of at least 4 members (excludes halogenated alkanes) is 3. The van der Waals surface area contributed by atoms with Gasteiger partial charge in [0.2, 0.25) is 0 Å². The number of rotatable bonds is 8. The molecule has 3 nitrogen and oxygen atoms in total. The molecule has 0 aliphatic carbocycles. The van der Waals surface area contributed by atoms with Crippen molar-refractivity contribution < 1.29 is 0 Å². The van der Waals surface area contributed by atoms with E-state index in [0.717, 1.165) is 25.1 Å². The smallest absolute Gasteiger partial charge is 0.122 e. The molecule has 2 rings (SSSR count). The normalized spacial score (nSPS) is 10.9. The first-order chi connectivity index (χ1) is 9.81. The summed E-state index contributed by atoms with van der Waals surface area (Å²) in [6.07, 6.45) is 7.18. The summed E-state index contributed by atoms with van der Waals surface area (Å²) in [4.78, 5) is 0. The molecule has 0 fully saturated rings. The maximum absolute atomic E-state index is 4.33. The maximum atomic E-state index is 4.33. The molecule has 0 saturated carbocycles. The van der Waals surface area contributed by atoms with Gasteiger partial charge >= 0.3 is 0 Å². The summed E-state index contributed by atoms with van der Waals surface area (Å²) in [6, 6.07) is 10.5. The number of hydrogen-bond donors (Lipinski definition) is 0. The summed E-state index contributed by atoms with van der Waals surface area (Å²) in [5, 5.41) is 8.62. The van der Waals surface area contributed by atoms with Gasteiger partial charge in [-0.2, -0.15) is 0 Å². The second-order valence-electron chi connectivity index (χ2n) is 5.10. The Bertz CT molecular complexity index is 508. The van der Waals surface area contributed by atoms with Crippen LogP contribution in [0.5, 0.6) is 0 Å². The third-order valence-corrected chi connectivity index (χ3v) is 4.64. The average Bonchev–Trinajstić information content (AvgIpc) is 2.83. The highest BCUT2D eigenvalue weighted by Gasteiger charge is 2.09. The van der Waals surface area contributed by atoms with Crippen LogP contribution in [0.1, 0.15) is 43.9 Å². The van der Waals surface area contributed by atoms with Crippen LogP contribution >= 0.6 is 22.6 Å². The van der Waals surface area contributed by atoms with Crippen LogP contribution in [-0.4, -0.2) is 15.0 Å². The third kappa shape index (κ3) is 4.58. The Morgan fingerprint density at radius 3 is 2.60 bits per heavy atom. The minimum atomic E-state index is 0.907. The van der Waals surface area contributed by atoms with Crippen LogP contribution in [0.4, 0.5) is 0 Å². The van der Waals surface area contributed by atoms with E-state index in [1.54, 1.807) is 0 Å². The SMILES string of the molecule is CCCCCCc1nnn(CCc2ccccc2)c1I. The van der Waals surface area contributed by atoms with Crippen LogP contribution in [0.3, 0.4) is 0 Å². The van der Waals surface area contributed by atoms with E-state index in [1.807, 2.05) is 4.68 Å². The van der Waals surface area contributed by atoms with Gasteiger partial charge in [0.1, 0.15) is 3.70 Å². The van der Waals surface area contributed by atoms with Gasteiger partial charge in [-0.05, 0) is 47.4 Å². The Balaban J connectivity index is 1.85. The van der Waals surface area contributed by atoms with E-state index in [4.69, 9.17) is 0 Å². The number of halogens is 1. The molecule has 0 radical (unpaired) electrons. The van der Waals surface area contributed by atoms with Crippen molar-refractivity contribution in [1.29, 1.82) is 0 Å². The van der Waals surface area contributed by atoms with Crippen molar-refractivity contribution in [3.63, 3.8) is 0 Å². The molecule has 0 saturated heterocycles. The van der Waals surface area contributed by atoms with Crippen LogP contribution in [0.15, 0.2) is 30.3 Å². The standard InChI is InChI=1S/C16H22IN3/c1-2-3-4-8-11-15-16(17)20(19-18-15)13-12-14-9-6-5-7-10-14/h5-7,9-10H,2-4,8,11-13H2,1H3. The molecule has 0 bridgehead atoms. The Labute approximate surface area is 134 Å². The van der Waals surface area contributed by atoms with E-state index in [1.165, 1.54) is 34.9 Å². The van der Waals surface area contributed by atoms with Crippen LogP contribution in [0, 0.1) is 3.70 Å². The van der Waals surface area contributed by atoms with Crippen molar-refractivity contribution in [2.24, 2.45) is 0 Å². The highest BCUT2D eigenvalue weighted by atomic mass is 127. The first-order valence-electron chi connectivity index (χ1n) is 7.43. The molecule has 1 heterocycles. The monoisotopic (exact) mass is 383 g/mol. The lowest BCUT2D eigenvalue weighted by Crippen LogP contribution is -2.05. The van der Waals surface area contributed by atoms with Gasteiger partial charge in [0, 0.05) is 6.54 Å². The second kappa shape index (κ2) is 8.39. The molecule has 2 aromatic rings. The summed E-state index contributed by atoms with van der Waals surface area (Å²) >= 11 is 2.38. The highest BCUT2D eigenvalue weighted by Crippen LogP contribution is 2.14. The number of hydrogen-bond acceptors (Lipinski definition) is 2. The maximum Gasteiger partial charge on any atom is 0.122 e. The predicted molar refractivity (Wildman–Crippen MR) is 90.7 cm³/mol. The Kier molecular flexibility index (Phi) is 6.50. The van der Waals surface area contributed by atoms with Crippen molar-refractivity contribution in [2.75, 3.05) is 0 Å². The molecule has 0 N–H and O–H groups in total. The van der Waals surface area contributed by atoms with Crippen molar-refractivity contribution in [1.82, 2.24) is 15.0 Å². The number of benzene rings is 1. The third-order valence-electron chi connectivity index (χ3n) is 3.46. The molecule has 20 heavy (non-hydrogen) atoms. The van der Waals surface area contributed by atoms with Crippen molar-refractivity contribution in [3.05, 3.63) is 45.3 Å². The average molecular weight is 383 g/mol. The number of aryl methyl sites for hydroxylation is 3. The van der Waals surface area contributed by atoms with Crippen LogP contribution in [0.2, 0.25) is 0 Å². The second-order valence-corrected chi connectivity index (χ2v) is 6.12. The fraction of sp³-hybridized carbons (Fsp3) is 0.500. The lowest BCUT2D eigenvalue weighted by molar-refractivity contribution is 0.578. The molecule has 0 spiro atoms. The lowest BCUT2D eigenvalue weighted by Gasteiger charge is -2.03. The van der Waals surface area contributed by atoms with Crippen LogP contribution in [0.25, 0.3) is 0 Å². The summed E-state index contributed by atoms with van der Waals surface area (Å²) in [5.74, 6) is 0. The number of nitrogens with zero attached hydrogens (tertiary/aromatic N) is 3. The van der Waals surface area contributed by atoms with Crippen LogP contribution < -0.4 is 0 Å². The molecule has 108 valence electrons. The number of aromatic nitrogens is 3. The van der Waals surface area contributed by atoms with E-state index in [9.17, 15) is 0 Å². The van der Waals surface area contributed by atoms with Gasteiger partial charge in [-0.1, -0.05) is 61.7 Å². The molecular formula is C16H22IN3. The fourth-order valence-electron chi connectivity index (χ4n) is 2.23. The van der Waals surface area contributed by atoms with Gasteiger partial charge in [-0.3, -0.25) is 0 Å². The van der Waals surface area contributed by atoms with Crippen molar-refractivity contribution >= 4 is 22.6 Å². The largest absolute Gasteiger partial charge is 0.239 e. The minimum absolute atomic E-state index is 0.907. The van der Waals surface area contributed by atoms with E-state index in [2.05, 4.69) is 70.2 Å². The minimum Gasteiger partial charge on any atom is -0.239 e. The summed E-state index contributed by atoms with van der Waals surface area (Å²) in [5.41, 5.74) is 2.51. The topological polar surface area (TPSA) is 30.7 Å². The van der Waals surface area contributed by atoms with Crippen LogP contribution in [-0.2, 0) is 19.4 Å². The van der Waals surface area contributed by atoms with E-state index in [-0.39, 0.29) is 0 Å². The Morgan fingerprint density at radius 2 is 1.85 bits per heavy atom. The summed E-state index contributed by atoms with van der Waals surface area (Å²) in [7, 11) is 0. The molecule has 0 unspecified atom stereocenters. The van der Waals surface area contributed by atoms with Crippen molar-refractivity contribution in [3.8, 4) is 0 Å². The van der Waals surface area contributed by atoms with E-state index >= 15 is 0 Å². The first kappa shape index (κ1) is 15.5. The van der Waals surface area contributed by atoms with Gasteiger partial charge in [0.15, 0.2) is 0 Å². The first-order valence-corrected chi connectivity index (χ1v) is 8.51. The molecule has 0 aliphatic heterocycles. The zero-order chi connectivity index (χ0) is 14.2. The van der Waals surface area contributed by atoms with Crippen molar-refractivity contribution in [2.45, 2.75) is 52.0 Å². The summed E-state index contributed by atoms with van der Waals surface area (Å²) < 4.78 is 3.23. The molecule has 0 amide bonds. The zero-order valence-electron chi connectivity index (χ0n) is 12.1. The molecule has 0 atom stereocenters. The van der Waals surface area contributed by atoms with Gasteiger partial charge in [-0.25, -0.2) is 4.68 Å². The van der Waals surface area contributed by atoms with E-state index < -0.39 is 0 Å². The van der Waals surface area contributed by atoms with Gasteiger partial charge in [0.05, 0.1) is 5.69 Å². The predicted octanol–water partition coefficient (Wildman–Crippen LogP) is 4.25. The molecule has 1 aromatic heterocycles. The Hall–Kier alpha value is -0.910. The lowest BCUT2D eigenvalue weighted by atomic mass is 10.1. The zero-order valence-corrected chi connectivity index (χ0v) is 14.2. The molecule has 4 heteroatoms. The van der Waals surface area contributed by atoms with E-state index in [0.29, 0.717) is 0 Å². The Morgan fingerprint density at radius 1 is 1.05 bits per heavy atom. The highest BCUT2D eigenvalue weighted by molar-refractivity contribution is 14.1. The van der Waals surface area contributed by atoms with Gasteiger partial charge in [-0.15, -0.1) is 5.10 Å². The van der Waals surface area contributed by atoms with Gasteiger partial charge in [0.25, 0.3) is 0 Å². The molecule has 0 aliphatic rings. The molecular weight excluding hydrogens is 361 g/mol. The molecule has 1 aromatic carbocycles. The summed E-state index contributed by atoms with van der Waals surface area (Å²) in [6.45, 7) is 3.15.